The van der Waals surface area contributed by atoms with E-state index in [1.165, 1.54) is 0 Å². The van der Waals surface area contributed by atoms with Gasteiger partial charge in [-0.3, -0.25) is 14.9 Å². The molecule has 2 aromatic carbocycles. The van der Waals surface area contributed by atoms with Gasteiger partial charge >= 0.3 is 0 Å². The number of carbonyl (C=O) groups is 2. The topological polar surface area (TPSA) is 61.9 Å². The Morgan fingerprint density at radius 1 is 1.03 bits per heavy atom. The number of piperidine rings is 1. The fraction of sp³-hybridized carbons (Fsp3) is 0.500. The Balaban J connectivity index is 1.54. The van der Waals surface area contributed by atoms with E-state index in [2.05, 4.69) is 31.3 Å². The molecule has 2 fully saturated rings. The maximum Gasteiger partial charge on any atom is 0.241 e. The predicted octanol–water partition coefficient (Wildman–Crippen LogP) is 3.99. The lowest BCUT2D eigenvalue weighted by Gasteiger charge is -2.45. The zero-order valence-electron chi connectivity index (χ0n) is 20.6. The van der Waals surface area contributed by atoms with Gasteiger partial charge in [0.15, 0.2) is 0 Å². The molecule has 1 N–H and O–H groups in total. The van der Waals surface area contributed by atoms with Crippen LogP contribution in [0.3, 0.4) is 0 Å². The van der Waals surface area contributed by atoms with Crippen molar-refractivity contribution in [2.45, 2.75) is 64.2 Å². The average molecular weight is 464 g/mol. The number of methoxy groups -OCH3 is 1. The molecule has 34 heavy (non-hydrogen) atoms. The van der Waals surface area contributed by atoms with Crippen LogP contribution in [0, 0.1) is 5.92 Å². The van der Waals surface area contributed by atoms with Crippen LogP contribution in [0.1, 0.15) is 50.7 Å². The van der Waals surface area contributed by atoms with Crippen molar-refractivity contribution in [2.75, 3.05) is 20.2 Å². The number of nitrogens with one attached hydrogen (secondary N) is 1. The maximum atomic E-state index is 13.7. The average Bonchev–Trinajstić information content (AvgIpc) is 3.11. The highest BCUT2D eigenvalue weighted by Gasteiger charge is 2.51. The van der Waals surface area contributed by atoms with E-state index in [1.54, 1.807) is 7.11 Å². The highest BCUT2D eigenvalue weighted by molar-refractivity contribution is 5.86. The summed E-state index contributed by atoms with van der Waals surface area (Å²) in [7, 11) is 1.66. The molecular formula is C28H37N3O3. The molecule has 2 aromatic rings. The molecule has 2 aliphatic rings. The number of rotatable bonds is 8. The third kappa shape index (κ3) is 4.97. The molecule has 2 amide bonds. The van der Waals surface area contributed by atoms with Crippen LogP contribution in [0.4, 0.5) is 0 Å². The van der Waals surface area contributed by atoms with E-state index in [0.29, 0.717) is 26.1 Å². The molecule has 2 heterocycles. The van der Waals surface area contributed by atoms with Gasteiger partial charge in [0.25, 0.3) is 0 Å². The first-order valence-corrected chi connectivity index (χ1v) is 12.5. The Morgan fingerprint density at radius 3 is 2.26 bits per heavy atom. The first kappa shape index (κ1) is 24.3. The van der Waals surface area contributed by atoms with Crippen LogP contribution in [-0.2, 0) is 22.6 Å². The Labute approximate surface area is 203 Å². The smallest absolute Gasteiger partial charge is 0.241 e. The predicted molar refractivity (Wildman–Crippen MR) is 133 cm³/mol. The quantitative estimate of drug-likeness (QED) is 0.643. The van der Waals surface area contributed by atoms with Gasteiger partial charge in [0, 0.05) is 38.4 Å². The number of ether oxygens (including phenoxy) is 1. The summed E-state index contributed by atoms with van der Waals surface area (Å²) < 4.78 is 5.30. The van der Waals surface area contributed by atoms with Gasteiger partial charge in [-0.05, 0) is 42.5 Å². The third-order valence-corrected chi connectivity index (χ3v) is 7.54. The molecule has 0 aromatic heterocycles. The highest BCUT2D eigenvalue weighted by atomic mass is 16.5. The van der Waals surface area contributed by atoms with Gasteiger partial charge in [-0.2, -0.15) is 0 Å². The Bertz CT molecular complexity index is 964. The Morgan fingerprint density at radius 2 is 1.68 bits per heavy atom. The van der Waals surface area contributed by atoms with Crippen molar-refractivity contribution >= 4 is 11.8 Å². The van der Waals surface area contributed by atoms with Gasteiger partial charge in [0.2, 0.25) is 11.8 Å². The van der Waals surface area contributed by atoms with Crippen molar-refractivity contribution in [2.24, 2.45) is 5.92 Å². The van der Waals surface area contributed by atoms with Gasteiger partial charge in [0.05, 0.1) is 18.8 Å². The summed E-state index contributed by atoms with van der Waals surface area (Å²) >= 11 is 0. The molecule has 182 valence electrons. The minimum atomic E-state index is -0.429. The van der Waals surface area contributed by atoms with Crippen LogP contribution in [0.2, 0.25) is 0 Å². The van der Waals surface area contributed by atoms with Gasteiger partial charge in [0.1, 0.15) is 5.75 Å². The van der Waals surface area contributed by atoms with Crippen molar-refractivity contribution in [3.05, 3.63) is 65.7 Å². The molecule has 0 saturated carbocycles. The van der Waals surface area contributed by atoms with Crippen LogP contribution in [0.25, 0.3) is 0 Å². The van der Waals surface area contributed by atoms with Crippen molar-refractivity contribution in [3.63, 3.8) is 0 Å². The number of nitrogens with zero attached hydrogens (tertiary/aromatic N) is 2. The molecular weight excluding hydrogens is 426 g/mol. The summed E-state index contributed by atoms with van der Waals surface area (Å²) in [5.74, 6) is 1.29. The number of amides is 2. The number of benzene rings is 2. The van der Waals surface area contributed by atoms with Gasteiger partial charge in [-0.1, -0.05) is 56.3 Å². The standard InChI is InChI=1S/C28H37N3O3/c1-4-23(5-2)26(32)30-17-15-28(16-18-30)29-25(19-21-9-7-6-8-10-21)27(33)31(28)20-22-11-13-24(34-3)14-12-22/h6-14,23,25,29H,4-5,15-20H2,1-3H3/t25-/m1/s1. The van der Waals surface area contributed by atoms with Crippen LogP contribution in [-0.4, -0.2) is 53.5 Å². The molecule has 0 aliphatic carbocycles. The summed E-state index contributed by atoms with van der Waals surface area (Å²) in [4.78, 5) is 30.7. The molecule has 0 radical (unpaired) electrons. The summed E-state index contributed by atoms with van der Waals surface area (Å²) in [6, 6.07) is 17.8. The summed E-state index contributed by atoms with van der Waals surface area (Å²) in [5.41, 5.74) is 1.80. The van der Waals surface area contributed by atoms with E-state index in [-0.39, 0.29) is 23.8 Å². The number of hydrogen-bond acceptors (Lipinski definition) is 4. The lowest BCUT2D eigenvalue weighted by atomic mass is 9.93. The molecule has 0 unspecified atom stereocenters. The lowest BCUT2D eigenvalue weighted by Crippen LogP contribution is -2.59. The fourth-order valence-electron chi connectivity index (χ4n) is 5.40. The lowest BCUT2D eigenvalue weighted by molar-refractivity contribution is -0.140. The van der Waals surface area contributed by atoms with E-state index in [9.17, 15) is 9.59 Å². The minimum Gasteiger partial charge on any atom is -0.497 e. The minimum absolute atomic E-state index is 0.0912. The van der Waals surface area contributed by atoms with Crippen LogP contribution in [0.5, 0.6) is 5.75 Å². The van der Waals surface area contributed by atoms with Gasteiger partial charge in [-0.25, -0.2) is 0 Å². The van der Waals surface area contributed by atoms with Gasteiger partial charge in [-0.15, -0.1) is 0 Å². The molecule has 4 rings (SSSR count). The first-order chi connectivity index (χ1) is 16.5. The fourth-order valence-corrected chi connectivity index (χ4v) is 5.40. The van der Waals surface area contributed by atoms with Crippen molar-refractivity contribution in [1.29, 1.82) is 0 Å². The molecule has 6 heteroatoms. The second-order valence-corrected chi connectivity index (χ2v) is 9.53. The van der Waals surface area contributed by atoms with E-state index >= 15 is 0 Å². The monoisotopic (exact) mass is 463 g/mol. The van der Waals surface area contributed by atoms with E-state index in [1.807, 2.05) is 52.3 Å². The third-order valence-electron chi connectivity index (χ3n) is 7.54. The van der Waals surface area contributed by atoms with Crippen molar-refractivity contribution in [1.82, 2.24) is 15.1 Å². The van der Waals surface area contributed by atoms with Crippen LogP contribution in [0.15, 0.2) is 54.6 Å². The van der Waals surface area contributed by atoms with Gasteiger partial charge < -0.3 is 14.5 Å². The normalized spacial score (nSPS) is 19.8. The number of carbonyl (C=O) groups excluding carboxylic acids is 2. The van der Waals surface area contributed by atoms with Crippen LogP contribution >= 0.6 is 0 Å². The molecule has 6 nitrogen and oxygen atoms in total. The zero-order chi connectivity index (χ0) is 24.1. The highest BCUT2D eigenvalue weighted by Crippen LogP contribution is 2.35. The Hall–Kier alpha value is -2.86. The zero-order valence-corrected chi connectivity index (χ0v) is 20.6. The van der Waals surface area contributed by atoms with Crippen LogP contribution < -0.4 is 10.1 Å². The molecule has 2 aliphatic heterocycles. The Kier molecular flexibility index (Phi) is 7.57. The van der Waals surface area contributed by atoms with E-state index < -0.39 is 5.66 Å². The van der Waals surface area contributed by atoms with Crippen molar-refractivity contribution < 1.29 is 14.3 Å². The molecule has 2 saturated heterocycles. The number of likely N-dealkylation sites (tertiary alicyclic amines) is 1. The van der Waals surface area contributed by atoms with E-state index in [0.717, 1.165) is 42.6 Å². The first-order valence-electron chi connectivity index (χ1n) is 12.5. The SMILES string of the molecule is CCC(CC)C(=O)N1CCC2(CC1)N[C@H](Cc1ccccc1)C(=O)N2Cc1ccc(OC)cc1. The van der Waals surface area contributed by atoms with E-state index in [4.69, 9.17) is 4.74 Å². The number of hydrogen-bond donors (Lipinski definition) is 1. The largest absolute Gasteiger partial charge is 0.497 e. The summed E-state index contributed by atoms with van der Waals surface area (Å²) in [6.45, 7) is 6.06. The summed E-state index contributed by atoms with van der Waals surface area (Å²) in [6.07, 6.45) is 3.89. The second kappa shape index (κ2) is 10.6. The molecule has 1 spiro atoms. The summed E-state index contributed by atoms with van der Waals surface area (Å²) in [5, 5.41) is 3.73. The molecule has 1 atom stereocenters. The second-order valence-electron chi connectivity index (χ2n) is 9.53. The molecule has 0 bridgehead atoms. The van der Waals surface area contributed by atoms with Crippen molar-refractivity contribution in [3.8, 4) is 5.75 Å². The maximum absolute atomic E-state index is 13.7.